The summed E-state index contributed by atoms with van der Waals surface area (Å²) in [5.74, 6) is -2.49. The lowest BCUT2D eigenvalue weighted by Crippen LogP contribution is -2.62. The molecule has 4 heterocycles. The van der Waals surface area contributed by atoms with Crippen molar-refractivity contribution >= 4 is 29.5 Å². The van der Waals surface area contributed by atoms with Crippen molar-refractivity contribution in [1.29, 1.82) is 0 Å². The molecule has 8 rings (SSSR count). The highest BCUT2D eigenvalue weighted by Crippen LogP contribution is 2.52. The predicted molar refractivity (Wildman–Crippen MR) is 197 cm³/mol. The van der Waals surface area contributed by atoms with Crippen molar-refractivity contribution in [2.45, 2.75) is 88.4 Å². The van der Waals surface area contributed by atoms with Gasteiger partial charge in [0.1, 0.15) is 41.6 Å². The molecule has 2 saturated carbocycles. The lowest BCUT2D eigenvalue weighted by molar-refractivity contribution is -0.199. The molecule has 58 heavy (non-hydrogen) atoms. The highest BCUT2D eigenvalue weighted by molar-refractivity contribution is 6.01. The number of alkyl halides is 3. The molecule has 2 N–H and O–H groups in total. The molecule has 0 bridgehead atoms. The van der Waals surface area contributed by atoms with E-state index in [0.717, 1.165) is 47.1 Å². The number of benzene rings is 2. The lowest BCUT2D eigenvalue weighted by Gasteiger charge is -2.51. The fraction of sp³-hybridized carbons (Fsp3) is 0.550. The van der Waals surface area contributed by atoms with Crippen LogP contribution in [0.1, 0.15) is 78.3 Å². The number of rotatable bonds is 10. The number of likely N-dealkylation sites (N-methyl/N-ethyl adjacent to an activating group) is 1. The van der Waals surface area contributed by atoms with Crippen LogP contribution in [0.25, 0.3) is 0 Å². The van der Waals surface area contributed by atoms with Crippen LogP contribution in [-0.2, 0) is 20.9 Å². The van der Waals surface area contributed by atoms with Crippen molar-refractivity contribution < 1.29 is 50.8 Å². The molecule has 0 radical (unpaired) electrons. The van der Waals surface area contributed by atoms with Crippen molar-refractivity contribution in [3.63, 3.8) is 0 Å². The molecule has 1 unspecified atom stereocenters. The van der Waals surface area contributed by atoms with E-state index in [1.807, 2.05) is 30.3 Å². The van der Waals surface area contributed by atoms with Gasteiger partial charge in [-0.05, 0) is 74.2 Å². The first-order valence-corrected chi connectivity index (χ1v) is 19.6. The molecule has 1 spiro atoms. The summed E-state index contributed by atoms with van der Waals surface area (Å²) >= 11 is 0. The summed E-state index contributed by atoms with van der Waals surface area (Å²) in [4.78, 5) is 57.7. The number of likely N-dealkylation sites (tertiary alicyclic amines) is 1. The van der Waals surface area contributed by atoms with Gasteiger partial charge in [0.25, 0.3) is 5.91 Å². The van der Waals surface area contributed by atoms with Gasteiger partial charge in [-0.2, -0.15) is 13.2 Å². The topological polar surface area (TPSA) is 159 Å². The molecule has 2 saturated heterocycles. The summed E-state index contributed by atoms with van der Waals surface area (Å²) in [6.07, 6.45) is -1.10. The number of hydrogen-bond donors (Lipinski definition) is 2. The van der Waals surface area contributed by atoms with Gasteiger partial charge in [0, 0.05) is 50.5 Å². The number of halogens is 4. The minimum atomic E-state index is -4.64. The number of nitrogens with zero attached hydrogens (tertiary/aromatic N) is 5. The standard InChI is InChI=1S/C40H45F4N7O7/c1-22-34(48-58-47-22)36(53)46-35(33(24-8-9-24)25-10-11-25)37(54)45-28-17-30-26(16-27(28)41)29(51-19-31(40(42,43)44)49(2)20-32(51)52)18-39(57-30)12-14-50(15-13-39)38(55)56-21-23-6-4-3-5-7-23/h3-7,16-17,24-25,29,31,33,35H,8-15,18-21H2,1-2H3,(H,45,54)(H,46,53)/t29?,31-,35-/m0/s1. The van der Waals surface area contributed by atoms with Gasteiger partial charge < -0.3 is 29.9 Å². The van der Waals surface area contributed by atoms with Crippen molar-refractivity contribution in [1.82, 2.24) is 30.3 Å². The number of carbonyl (C=O) groups is 4. The van der Waals surface area contributed by atoms with E-state index in [2.05, 4.69) is 20.9 Å². The zero-order valence-electron chi connectivity index (χ0n) is 32.1. The summed E-state index contributed by atoms with van der Waals surface area (Å²) in [5.41, 5.74) is -0.180. The first-order chi connectivity index (χ1) is 27.7. The van der Waals surface area contributed by atoms with E-state index < -0.39 is 72.6 Å². The lowest BCUT2D eigenvalue weighted by atomic mass is 9.79. The van der Waals surface area contributed by atoms with Crippen LogP contribution < -0.4 is 15.4 Å². The minimum absolute atomic E-state index is 0.0486. The molecular weight excluding hydrogens is 766 g/mol. The number of anilines is 1. The van der Waals surface area contributed by atoms with Gasteiger partial charge in [-0.1, -0.05) is 35.5 Å². The van der Waals surface area contributed by atoms with Crippen LogP contribution >= 0.6 is 0 Å². The number of piperazine rings is 1. The van der Waals surface area contributed by atoms with Crippen molar-refractivity contribution in [3.8, 4) is 5.75 Å². The van der Waals surface area contributed by atoms with Crippen molar-refractivity contribution in [2.75, 3.05) is 38.5 Å². The Bertz CT molecular complexity index is 2040. The van der Waals surface area contributed by atoms with Gasteiger partial charge in [0.2, 0.25) is 11.8 Å². The maximum atomic E-state index is 16.3. The Labute approximate surface area is 331 Å². The maximum absolute atomic E-state index is 16.3. The molecule has 18 heteroatoms. The minimum Gasteiger partial charge on any atom is -0.487 e. The Morgan fingerprint density at radius 3 is 2.34 bits per heavy atom. The van der Waals surface area contributed by atoms with E-state index >= 15 is 4.39 Å². The Morgan fingerprint density at radius 1 is 1.03 bits per heavy atom. The molecule has 3 atom stereocenters. The third-order valence-corrected chi connectivity index (χ3v) is 12.3. The summed E-state index contributed by atoms with van der Waals surface area (Å²) in [6, 6.07) is 7.58. The zero-order valence-corrected chi connectivity index (χ0v) is 32.1. The maximum Gasteiger partial charge on any atom is 0.410 e. The van der Waals surface area contributed by atoms with Gasteiger partial charge in [-0.25, -0.2) is 13.8 Å². The molecule has 3 aromatic rings. The van der Waals surface area contributed by atoms with Gasteiger partial charge >= 0.3 is 12.3 Å². The predicted octanol–water partition coefficient (Wildman–Crippen LogP) is 5.39. The largest absolute Gasteiger partial charge is 0.487 e. The number of hydrogen-bond acceptors (Lipinski definition) is 10. The van der Waals surface area contributed by atoms with E-state index in [1.54, 1.807) is 6.92 Å². The molecule has 2 aliphatic carbocycles. The molecule has 14 nitrogen and oxygen atoms in total. The molecule has 1 aromatic heterocycles. The normalized spacial score (nSPS) is 22.6. The third-order valence-electron chi connectivity index (χ3n) is 12.3. The number of piperidine rings is 1. The van der Waals surface area contributed by atoms with E-state index in [1.165, 1.54) is 18.0 Å². The Kier molecular flexibility index (Phi) is 10.6. The number of amides is 4. The quantitative estimate of drug-likeness (QED) is 0.255. The number of fused-ring (bicyclic) bond motifs is 1. The summed E-state index contributed by atoms with van der Waals surface area (Å²) in [6.45, 7) is 0.817. The van der Waals surface area contributed by atoms with Crippen molar-refractivity contribution in [2.24, 2.45) is 17.8 Å². The first kappa shape index (κ1) is 39.6. The summed E-state index contributed by atoms with van der Waals surface area (Å²) < 4.78 is 75.9. The number of ether oxygens (including phenoxy) is 2. The second-order valence-electron chi connectivity index (χ2n) is 16.3. The zero-order chi connectivity index (χ0) is 40.9. The van der Waals surface area contributed by atoms with Gasteiger partial charge in [0.15, 0.2) is 5.69 Å². The number of aryl methyl sites for hydroxylation is 1. The average Bonchev–Trinajstić information content (AvgIpc) is 4.14. The van der Waals surface area contributed by atoms with Crippen LogP contribution in [0.3, 0.4) is 0 Å². The fourth-order valence-electron chi connectivity index (χ4n) is 8.82. The molecular formula is C40H45F4N7O7. The number of carbonyl (C=O) groups excluding carboxylic acids is 4. The second-order valence-corrected chi connectivity index (χ2v) is 16.3. The van der Waals surface area contributed by atoms with Crippen LogP contribution in [0.4, 0.5) is 28.0 Å². The number of aromatic nitrogens is 2. The van der Waals surface area contributed by atoms with E-state index in [9.17, 15) is 32.3 Å². The summed E-state index contributed by atoms with van der Waals surface area (Å²) in [5, 5.41) is 12.8. The SMILES string of the molecule is Cc1nonc1C(=O)N[C@H](C(=O)Nc1cc2c(cc1F)C(N1C[C@@H](C(F)(F)F)N(C)CC1=O)CC1(CCN(C(=O)OCc3ccccc3)CC1)O2)C(C1CC1)C1CC1. The third kappa shape index (κ3) is 8.20. The van der Waals surface area contributed by atoms with Gasteiger partial charge in [0.05, 0.1) is 18.3 Å². The van der Waals surface area contributed by atoms with Gasteiger partial charge in [-0.15, -0.1) is 0 Å². The van der Waals surface area contributed by atoms with Crippen LogP contribution in [0.5, 0.6) is 5.75 Å². The van der Waals surface area contributed by atoms with E-state index in [-0.39, 0.29) is 85.1 Å². The molecule has 4 amide bonds. The van der Waals surface area contributed by atoms with Crippen LogP contribution in [-0.4, -0.2) is 106 Å². The fourth-order valence-corrected chi connectivity index (χ4v) is 8.82. The van der Waals surface area contributed by atoms with E-state index in [0.29, 0.717) is 0 Å². The van der Waals surface area contributed by atoms with Crippen LogP contribution in [0, 0.1) is 30.5 Å². The highest BCUT2D eigenvalue weighted by atomic mass is 19.4. The second kappa shape index (κ2) is 15.5. The number of nitrogens with one attached hydrogen (secondary N) is 2. The van der Waals surface area contributed by atoms with Crippen LogP contribution in [0.2, 0.25) is 0 Å². The molecule has 5 aliphatic rings. The first-order valence-electron chi connectivity index (χ1n) is 19.6. The Balaban J connectivity index is 1.07. The van der Waals surface area contributed by atoms with E-state index in [4.69, 9.17) is 14.1 Å². The molecule has 3 aliphatic heterocycles. The monoisotopic (exact) mass is 811 g/mol. The molecule has 310 valence electrons. The average molecular weight is 812 g/mol. The highest BCUT2D eigenvalue weighted by Gasteiger charge is 2.53. The smallest absolute Gasteiger partial charge is 0.410 e. The van der Waals surface area contributed by atoms with Crippen molar-refractivity contribution in [3.05, 3.63) is 70.8 Å². The Hall–Kier alpha value is -5.26. The van der Waals surface area contributed by atoms with Crippen LogP contribution in [0.15, 0.2) is 47.1 Å². The molecule has 4 fully saturated rings. The molecule has 2 aromatic carbocycles. The van der Waals surface area contributed by atoms with Gasteiger partial charge in [-0.3, -0.25) is 19.3 Å². The summed E-state index contributed by atoms with van der Waals surface area (Å²) in [7, 11) is 1.24. The Morgan fingerprint density at radius 2 is 1.72 bits per heavy atom.